The van der Waals surface area contributed by atoms with E-state index in [1.807, 2.05) is 0 Å². The minimum Gasteiger partial charge on any atom is -0.477 e. The van der Waals surface area contributed by atoms with Crippen LogP contribution >= 0.6 is 23.3 Å². The first kappa shape index (κ1) is 20.9. The Balaban J connectivity index is 1.51. The number of hydrogen-bond acceptors (Lipinski definition) is 11. The number of aromatic nitrogens is 3. The summed E-state index contributed by atoms with van der Waals surface area (Å²) in [7, 11) is 0. The molecule has 0 aromatic carbocycles. The number of amides is 2. The second-order valence-corrected chi connectivity index (χ2v) is 8.62. The van der Waals surface area contributed by atoms with Crippen LogP contribution in [0.4, 0.5) is 5.13 Å². The van der Waals surface area contributed by atoms with Crippen LogP contribution in [-0.2, 0) is 14.4 Å². The number of nitroso groups, excluding NO2 is 1. The number of carbonyl (C=O) groups excluding carboxylic acids is 2. The van der Waals surface area contributed by atoms with E-state index in [1.54, 1.807) is 24.5 Å². The number of allylic oxidation sites excluding steroid dienone is 1. The molecular formula is C17H15N7O5S2. The van der Waals surface area contributed by atoms with Crippen molar-refractivity contribution in [1.82, 2.24) is 24.6 Å². The average Bonchev–Trinajstić information content (AvgIpc) is 3.18. The molecule has 1 fully saturated rings. The first-order valence-corrected chi connectivity index (χ1v) is 10.6. The standard InChI is InChI=1S/C17H15N7O5S2/c18-17-21-13(23-31-17)11(22-29)14(25)20-10-8-3-4-9(30-7-2-1-5-19-6-7)12(16(27)28)24(8)15(10)26/h1-2,5-6,8,10-11H,3-4H2,(H,20,25)(H,27,28)(H2,18,21,23)/t8?,10-,11?/m0/s1. The largest absolute Gasteiger partial charge is 0.477 e. The maximum Gasteiger partial charge on any atom is 0.353 e. The van der Waals surface area contributed by atoms with E-state index < -0.39 is 35.9 Å². The van der Waals surface area contributed by atoms with Gasteiger partial charge in [-0.05, 0) is 30.2 Å². The van der Waals surface area contributed by atoms with E-state index in [2.05, 4.69) is 24.8 Å². The number of anilines is 1. The predicted octanol–water partition coefficient (Wildman–Crippen LogP) is 0.901. The number of nitrogen functional groups attached to an aromatic ring is 1. The van der Waals surface area contributed by atoms with Crippen LogP contribution in [0.5, 0.6) is 0 Å². The van der Waals surface area contributed by atoms with Crippen LogP contribution in [-0.4, -0.2) is 54.2 Å². The normalized spacial score (nSPS) is 21.2. The third kappa shape index (κ3) is 3.86. The highest BCUT2D eigenvalue weighted by atomic mass is 32.2. The van der Waals surface area contributed by atoms with E-state index in [0.29, 0.717) is 17.7 Å². The van der Waals surface area contributed by atoms with E-state index in [0.717, 1.165) is 16.4 Å². The molecule has 4 rings (SSSR count). The fraction of sp³-hybridized carbons (Fsp3) is 0.294. The van der Waals surface area contributed by atoms with Gasteiger partial charge in [0.15, 0.2) is 11.0 Å². The van der Waals surface area contributed by atoms with Crippen molar-refractivity contribution < 1.29 is 19.5 Å². The average molecular weight is 461 g/mol. The van der Waals surface area contributed by atoms with Gasteiger partial charge in [0.25, 0.3) is 11.8 Å². The number of rotatable bonds is 7. The zero-order valence-corrected chi connectivity index (χ0v) is 17.3. The first-order valence-electron chi connectivity index (χ1n) is 9.00. The van der Waals surface area contributed by atoms with Gasteiger partial charge in [0.2, 0.25) is 6.04 Å². The van der Waals surface area contributed by atoms with Crippen LogP contribution in [0.3, 0.4) is 0 Å². The molecule has 14 heteroatoms. The van der Waals surface area contributed by atoms with Crippen molar-refractivity contribution >= 4 is 46.2 Å². The Morgan fingerprint density at radius 1 is 1.45 bits per heavy atom. The monoisotopic (exact) mass is 461 g/mol. The number of β-lactam (4-membered cyclic amide) rings is 1. The summed E-state index contributed by atoms with van der Waals surface area (Å²) < 4.78 is 3.81. The third-order valence-electron chi connectivity index (χ3n) is 4.82. The summed E-state index contributed by atoms with van der Waals surface area (Å²) in [6.45, 7) is 0. The van der Waals surface area contributed by atoms with E-state index in [1.165, 1.54) is 16.7 Å². The van der Waals surface area contributed by atoms with Crippen molar-refractivity contribution in [2.75, 3.05) is 5.73 Å². The van der Waals surface area contributed by atoms with Crippen molar-refractivity contribution in [2.45, 2.75) is 35.9 Å². The fourth-order valence-corrected chi connectivity index (χ4v) is 4.99. The molecule has 0 aliphatic carbocycles. The van der Waals surface area contributed by atoms with Crippen molar-refractivity contribution in [3.05, 3.63) is 45.9 Å². The number of pyridine rings is 1. The van der Waals surface area contributed by atoms with Gasteiger partial charge in [-0.25, -0.2) is 9.78 Å². The maximum atomic E-state index is 12.7. The zero-order chi connectivity index (χ0) is 22.1. The first-order chi connectivity index (χ1) is 14.9. The van der Waals surface area contributed by atoms with Gasteiger partial charge in [-0.2, -0.15) is 4.37 Å². The molecule has 160 valence electrons. The van der Waals surface area contributed by atoms with Crippen LogP contribution in [0.2, 0.25) is 0 Å². The second-order valence-electron chi connectivity index (χ2n) is 6.67. The summed E-state index contributed by atoms with van der Waals surface area (Å²) >= 11 is 2.05. The smallest absolute Gasteiger partial charge is 0.353 e. The van der Waals surface area contributed by atoms with E-state index in [9.17, 15) is 24.4 Å². The number of nitrogens with one attached hydrogen (secondary N) is 1. The van der Waals surface area contributed by atoms with Gasteiger partial charge < -0.3 is 16.2 Å². The number of thioether (sulfide) groups is 1. The number of nitrogens with zero attached hydrogens (tertiary/aromatic N) is 5. The number of carboxylic acid groups (broad SMARTS) is 1. The van der Waals surface area contributed by atoms with Crippen LogP contribution in [0.25, 0.3) is 0 Å². The molecule has 2 aliphatic heterocycles. The number of carboxylic acids is 1. The molecule has 12 nitrogen and oxygen atoms in total. The molecule has 0 bridgehead atoms. The Bertz CT molecular complexity index is 1090. The van der Waals surface area contributed by atoms with Gasteiger partial charge in [0.05, 0.1) is 6.04 Å². The van der Waals surface area contributed by atoms with Crippen LogP contribution < -0.4 is 11.1 Å². The van der Waals surface area contributed by atoms with Crippen LogP contribution in [0.1, 0.15) is 24.7 Å². The summed E-state index contributed by atoms with van der Waals surface area (Å²) in [6.07, 6.45) is 4.06. The molecule has 4 N–H and O–H groups in total. The quantitative estimate of drug-likeness (QED) is 0.396. The lowest BCUT2D eigenvalue weighted by molar-refractivity contribution is -0.156. The Morgan fingerprint density at radius 3 is 2.87 bits per heavy atom. The third-order valence-corrected chi connectivity index (χ3v) is 6.50. The Hall–Kier alpha value is -3.39. The zero-order valence-electron chi connectivity index (χ0n) is 15.7. The molecule has 0 saturated carbocycles. The number of aliphatic carboxylic acids is 1. The molecule has 4 heterocycles. The van der Waals surface area contributed by atoms with E-state index in [4.69, 9.17) is 5.73 Å². The Labute approximate surface area is 183 Å². The Morgan fingerprint density at radius 2 is 2.26 bits per heavy atom. The highest BCUT2D eigenvalue weighted by Gasteiger charge is 2.54. The lowest BCUT2D eigenvalue weighted by Crippen LogP contribution is -2.71. The summed E-state index contributed by atoms with van der Waals surface area (Å²) in [5, 5.41) is 15.0. The fourth-order valence-electron chi connectivity index (χ4n) is 3.48. The van der Waals surface area contributed by atoms with Gasteiger partial charge in [-0.15, -0.1) is 4.91 Å². The molecule has 0 spiro atoms. The topological polar surface area (TPSA) is 181 Å². The lowest BCUT2D eigenvalue weighted by Gasteiger charge is -2.50. The molecule has 2 aromatic rings. The van der Waals surface area contributed by atoms with Crippen molar-refractivity contribution in [1.29, 1.82) is 0 Å². The summed E-state index contributed by atoms with van der Waals surface area (Å²) in [4.78, 5) is 58.5. The number of hydrogen-bond donors (Lipinski definition) is 3. The summed E-state index contributed by atoms with van der Waals surface area (Å²) in [5.74, 6) is -2.80. The molecule has 2 aromatic heterocycles. The molecule has 2 amide bonds. The van der Waals surface area contributed by atoms with Gasteiger partial charge in [0, 0.05) is 33.7 Å². The molecule has 3 atom stereocenters. The van der Waals surface area contributed by atoms with Gasteiger partial charge in [-0.1, -0.05) is 11.8 Å². The van der Waals surface area contributed by atoms with Gasteiger partial charge >= 0.3 is 5.97 Å². The number of carbonyl (C=O) groups is 3. The minimum absolute atomic E-state index is 0.0736. The summed E-state index contributed by atoms with van der Waals surface area (Å²) in [6, 6.07) is 0.472. The highest BCUT2D eigenvalue weighted by Crippen LogP contribution is 2.43. The lowest BCUT2D eigenvalue weighted by atomic mass is 9.86. The van der Waals surface area contributed by atoms with E-state index >= 15 is 0 Å². The molecule has 2 unspecified atom stereocenters. The molecule has 2 aliphatic rings. The maximum absolute atomic E-state index is 12.7. The van der Waals surface area contributed by atoms with Crippen LogP contribution in [0.15, 0.2) is 45.2 Å². The summed E-state index contributed by atoms with van der Waals surface area (Å²) in [5.41, 5.74) is 5.36. The molecule has 31 heavy (non-hydrogen) atoms. The van der Waals surface area contributed by atoms with E-state index in [-0.39, 0.29) is 16.7 Å². The number of nitrogens with two attached hydrogens (primary N) is 1. The molecule has 1 saturated heterocycles. The van der Waals surface area contributed by atoms with Gasteiger partial charge in [-0.3, -0.25) is 19.5 Å². The SMILES string of the molecule is Nc1nc(C(N=O)C(=O)N[C@@H]2C(=O)N3C(C(=O)O)=C(Sc4cccnc4)CCC23)ns1. The van der Waals surface area contributed by atoms with Crippen LogP contribution in [0, 0.1) is 4.91 Å². The highest BCUT2D eigenvalue weighted by molar-refractivity contribution is 8.03. The van der Waals surface area contributed by atoms with Crippen molar-refractivity contribution in [3.63, 3.8) is 0 Å². The molecular weight excluding hydrogens is 446 g/mol. The van der Waals surface area contributed by atoms with Crippen molar-refractivity contribution in [2.24, 2.45) is 5.18 Å². The van der Waals surface area contributed by atoms with Crippen molar-refractivity contribution in [3.8, 4) is 0 Å². The van der Waals surface area contributed by atoms with Gasteiger partial charge in [0.1, 0.15) is 11.7 Å². The number of fused-ring (bicyclic) bond motifs is 1. The Kier molecular flexibility index (Phi) is 5.65. The predicted molar refractivity (Wildman–Crippen MR) is 109 cm³/mol. The molecule has 0 radical (unpaired) electrons. The minimum atomic E-state index is -1.55. The second kappa shape index (κ2) is 8.39.